The Morgan fingerprint density at radius 3 is 2.62 bits per heavy atom. The Morgan fingerprint density at radius 1 is 1.25 bits per heavy atom. The van der Waals surface area contributed by atoms with Crippen molar-refractivity contribution < 1.29 is 24.2 Å². The molecule has 24 heavy (non-hydrogen) atoms. The van der Waals surface area contributed by atoms with Gasteiger partial charge < -0.3 is 19.5 Å². The zero-order chi connectivity index (χ0) is 17.3. The molecule has 7 nitrogen and oxygen atoms in total. The van der Waals surface area contributed by atoms with Crippen LogP contribution in [0.25, 0.3) is 0 Å². The van der Waals surface area contributed by atoms with E-state index in [1.54, 1.807) is 24.8 Å². The number of amides is 1. The highest BCUT2D eigenvalue weighted by molar-refractivity contribution is 6.03. The van der Waals surface area contributed by atoms with Crippen LogP contribution in [-0.2, 0) is 9.53 Å². The number of carbonyl (C=O) groups is 2. The second kappa shape index (κ2) is 6.41. The molecule has 1 saturated heterocycles. The van der Waals surface area contributed by atoms with E-state index >= 15 is 0 Å². The first kappa shape index (κ1) is 16.7. The van der Waals surface area contributed by atoms with Gasteiger partial charge in [0.25, 0.3) is 5.91 Å². The SMILES string of the molecule is CC1(C)Oc2cc(C(=O)O)ccc2N(CCN2CCOCC2)C1=O. The molecule has 0 bridgehead atoms. The van der Waals surface area contributed by atoms with Gasteiger partial charge >= 0.3 is 5.97 Å². The Labute approximate surface area is 140 Å². The summed E-state index contributed by atoms with van der Waals surface area (Å²) in [5, 5.41) is 9.15. The number of hydrogen-bond acceptors (Lipinski definition) is 5. The fourth-order valence-electron chi connectivity index (χ4n) is 2.99. The molecule has 1 aromatic carbocycles. The maximum atomic E-state index is 12.7. The number of morpholine rings is 1. The van der Waals surface area contributed by atoms with Crippen LogP contribution in [0.1, 0.15) is 24.2 Å². The average Bonchev–Trinajstić information content (AvgIpc) is 2.55. The van der Waals surface area contributed by atoms with E-state index in [1.165, 1.54) is 12.1 Å². The molecule has 0 atom stereocenters. The predicted molar refractivity (Wildman–Crippen MR) is 87.7 cm³/mol. The second-order valence-corrected chi connectivity index (χ2v) is 6.51. The van der Waals surface area contributed by atoms with Crippen LogP contribution < -0.4 is 9.64 Å². The van der Waals surface area contributed by atoms with Gasteiger partial charge in [0.2, 0.25) is 0 Å². The van der Waals surface area contributed by atoms with Crippen molar-refractivity contribution in [3.8, 4) is 5.75 Å². The highest BCUT2D eigenvalue weighted by Crippen LogP contribution is 2.38. The quantitative estimate of drug-likeness (QED) is 0.892. The number of aromatic carboxylic acids is 1. The molecule has 1 N–H and O–H groups in total. The van der Waals surface area contributed by atoms with Gasteiger partial charge in [-0.1, -0.05) is 0 Å². The monoisotopic (exact) mass is 334 g/mol. The number of rotatable bonds is 4. The van der Waals surface area contributed by atoms with Gasteiger partial charge in [-0.25, -0.2) is 4.79 Å². The number of hydrogen-bond donors (Lipinski definition) is 1. The third-order valence-corrected chi connectivity index (χ3v) is 4.37. The zero-order valence-corrected chi connectivity index (χ0v) is 13.9. The summed E-state index contributed by atoms with van der Waals surface area (Å²) in [5.41, 5.74) is -0.251. The van der Waals surface area contributed by atoms with E-state index in [0.717, 1.165) is 19.6 Å². The van der Waals surface area contributed by atoms with Crippen LogP contribution in [0.3, 0.4) is 0 Å². The topological polar surface area (TPSA) is 79.3 Å². The predicted octanol–water partition coefficient (Wildman–Crippen LogP) is 1.22. The third-order valence-electron chi connectivity index (χ3n) is 4.37. The van der Waals surface area contributed by atoms with Crippen LogP contribution >= 0.6 is 0 Å². The molecule has 0 unspecified atom stereocenters. The first-order chi connectivity index (χ1) is 11.4. The molecule has 3 rings (SSSR count). The summed E-state index contributed by atoms with van der Waals surface area (Å²) in [4.78, 5) is 27.9. The van der Waals surface area contributed by atoms with Crippen molar-refractivity contribution in [2.75, 3.05) is 44.3 Å². The molecule has 7 heteroatoms. The number of nitrogens with zero attached hydrogens (tertiary/aromatic N) is 2. The Hall–Kier alpha value is -2.12. The van der Waals surface area contributed by atoms with E-state index in [-0.39, 0.29) is 11.5 Å². The van der Waals surface area contributed by atoms with Gasteiger partial charge in [-0.05, 0) is 32.0 Å². The molecule has 2 heterocycles. The second-order valence-electron chi connectivity index (χ2n) is 6.51. The van der Waals surface area contributed by atoms with Crippen molar-refractivity contribution in [2.24, 2.45) is 0 Å². The van der Waals surface area contributed by atoms with Crippen molar-refractivity contribution in [1.29, 1.82) is 0 Å². The summed E-state index contributed by atoms with van der Waals surface area (Å²) in [7, 11) is 0. The number of ether oxygens (including phenoxy) is 2. The van der Waals surface area contributed by atoms with Gasteiger partial charge in [-0.3, -0.25) is 9.69 Å². The molecule has 0 aromatic heterocycles. The van der Waals surface area contributed by atoms with Crippen LogP contribution in [0.15, 0.2) is 18.2 Å². The summed E-state index contributed by atoms with van der Waals surface area (Å²) >= 11 is 0. The lowest BCUT2D eigenvalue weighted by atomic mass is 10.0. The minimum Gasteiger partial charge on any atom is -0.478 e. The van der Waals surface area contributed by atoms with E-state index < -0.39 is 11.6 Å². The number of carboxylic acid groups (broad SMARTS) is 1. The Kier molecular flexibility index (Phi) is 4.47. The van der Waals surface area contributed by atoms with Gasteiger partial charge in [0.05, 0.1) is 24.5 Å². The Morgan fingerprint density at radius 2 is 1.96 bits per heavy atom. The van der Waals surface area contributed by atoms with Gasteiger partial charge in [0, 0.05) is 26.2 Å². The van der Waals surface area contributed by atoms with E-state index in [4.69, 9.17) is 14.6 Å². The average molecular weight is 334 g/mol. The summed E-state index contributed by atoms with van der Waals surface area (Å²) in [6.07, 6.45) is 0. The standard InChI is InChI=1S/C17H22N2O5/c1-17(2)16(22)19(6-5-18-7-9-23-10-8-18)13-4-3-12(15(20)21)11-14(13)24-17/h3-4,11H,5-10H2,1-2H3,(H,20,21). The van der Waals surface area contributed by atoms with E-state index in [0.29, 0.717) is 31.2 Å². The largest absolute Gasteiger partial charge is 0.478 e. The van der Waals surface area contributed by atoms with Crippen molar-refractivity contribution >= 4 is 17.6 Å². The number of benzene rings is 1. The lowest BCUT2D eigenvalue weighted by molar-refractivity contribution is -0.132. The molecule has 0 radical (unpaired) electrons. The smallest absolute Gasteiger partial charge is 0.335 e. The molecule has 0 aliphatic carbocycles. The van der Waals surface area contributed by atoms with Gasteiger partial charge in [0.15, 0.2) is 5.60 Å². The number of carbonyl (C=O) groups excluding carboxylic acids is 1. The normalized spacial score (nSPS) is 20.4. The zero-order valence-electron chi connectivity index (χ0n) is 13.9. The van der Waals surface area contributed by atoms with Gasteiger partial charge in [-0.15, -0.1) is 0 Å². The molecule has 1 amide bonds. The van der Waals surface area contributed by atoms with Crippen molar-refractivity contribution in [3.05, 3.63) is 23.8 Å². The molecular formula is C17H22N2O5. The van der Waals surface area contributed by atoms with Gasteiger partial charge in [0.1, 0.15) is 5.75 Å². The minimum atomic E-state index is -1.02. The molecule has 2 aliphatic heterocycles. The first-order valence-corrected chi connectivity index (χ1v) is 8.07. The molecule has 2 aliphatic rings. The molecule has 0 spiro atoms. The maximum Gasteiger partial charge on any atom is 0.335 e. The summed E-state index contributed by atoms with van der Waals surface area (Å²) in [6.45, 7) is 7.80. The summed E-state index contributed by atoms with van der Waals surface area (Å²) in [5.74, 6) is -0.705. The maximum absolute atomic E-state index is 12.7. The van der Waals surface area contributed by atoms with Crippen molar-refractivity contribution in [3.63, 3.8) is 0 Å². The molecule has 130 valence electrons. The fourth-order valence-corrected chi connectivity index (χ4v) is 2.99. The van der Waals surface area contributed by atoms with Crippen LogP contribution in [0.4, 0.5) is 5.69 Å². The lowest BCUT2D eigenvalue weighted by Gasteiger charge is -2.40. The van der Waals surface area contributed by atoms with Crippen molar-refractivity contribution in [2.45, 2.75) is 19.4 Å². The van der Waals surface area contributed by atoms with Crippen LogP contribution in [-0.4, -0.2) is 66.9 Å². The highest BCUT2D eigenvalue weighted by atomic mass is 16.5. The number of carboxylic acids is 1. The van der Waals surface area contributed by atoms with E-state index in [1.807, 2.05) is 0 Å². The Balaban J connectivity index is 1.84. The van der Waals surface area contributed by atoms with Crippen molar-refractivity contribution in [1.82, 2.24) is 4.90 Å². The van der Waals surface area contributed by atoms with Crippen LogP contribution in [0, 0.1) is 0 Å². The fraction of sp³-hybridized carbons (Fsp3) is 0.529. The lowest BCUT2D eigenvalue weighted by Crippen LogP contribution is -2.54. The van der Waals surface area contributed by atoms with E-state index in [9.17, 15) is 9.59 Å². The molecule has 1 fully saturated rings. The van der Waals surface area contributed by atoms with E-state index in [2.05, 4.69) is 4.90 Å². The van der Waals surface area contributed by atoms with Crippen LogP contribution in [0.5, 0.6) is 5.75 Å². The molecule has 1 aromatic rings. The summed E-state index contributed by atoms with van der Waals surface area (Å²) < 4.78 is 11.1. The molecular weight excluding hydrogens is 312 g/mol. The highest BCUT2D eigenvalue weighted by Gasteiger charge is 2.41. The number of fused-ring (bicyclic) bond motifs is 1. The first-order valence-electron chi connectivity index (χ1n) is 8.07. The van der Waals surface area contributed by atoms with Crippen LogP contribution in [0.2, 0.25) is 0 Å². The molecule has 0 saturated carbocycles. The summed E-state index contributed by atoms with van der Waals surface area (Å²) in [6, 6.07) is 4.62. The Bertz CT molecular complexity index is 652. The third kappa shape index (κ3) is 3.22. The van der Waals surface area contributed by atoms with Gasteiger partial charge in [-0.2, -0.15) is 0 Å². The number of anilines is 1. The minimum absolute atomic E-state index is 0.119.